The van der Waals surface area contributed by atoms with Crippen LogP contribution in [0.5, 0.6) is 0 Å². The van der Waals surface area contributed by atoms with E-state index in [0.29, 0.717) is 22.8 Å². The van der Waals surface area contributed by atoms with E-state index in [9.17, 15) is 9.59 Å². The molecular weight excluding hydrogens is 298 g/mol. The number of amides is 2. The maximum atomic E-state index is 12.5. The molecule has 2 heterocycles. The molecular formula is C17H15NO3S. The zero-order chi connectivity index (χ0) is 15.5. The lowest BCUT2D eigenvalue weighted by Gasteiger charge is -2.11. The minimum Gasteiger partial charge on any atom is -0.468 e. The number of carbonyl (C=O) groups excluding carboxylic acids is 2. The van der Waals surface area contributed by atoms with Crippen molar-refractivity contribution in [2.75, 3.05) is 6.54 Å². The Kier molecular flexibility index (Phi) is 4.15. The molecule has 2 amide bonds. The first-order valence-electron chi connectivity index (χ1n) is 7.03. The molecule has 1 aromatic heterocycles. The standard InChI is InChI=1S/C17H15NO3S/c1-2-18-16(19)14(12-7-4-3-5-8-12)15(17(18)20)22-11-13-9-6-10-21-13/h3-10H,2,11H2,1H3. The molecule has 0 spiro atoms. The number of rotatable bonds is 5. The first kappa shape index (κ1) is 14.7. The summed E-state index contributed by atoms with van der Waals surface area (Å²) in [5.41, 5.74) is 1.27. The van der Waals surface area contributed by atoms with E-state index in [4.69, 9.17) is 4.42 Å². The van der Waals surface area contributed by atoms with E-state index in [0.717, 1.165) is 11.3 Å². The van der Waals surface area contributed by atoms with Crippen LogP contribution >= 0.6 is 11.8 Å². The van der Waals surface area contributed by atoms with E-state index in [-0.39, 0.29) is 11.8 Å². The highest BCUT2D eigenvalue weighted by atomic mass is 32.2. The summed E-state index contributed by atoms with van der Waals surface area (Å²) in [7, 11) is 0. The number of likely N-dealkylation sites (N-methyl/N-ethyl adjacent to an activating group) is 1. The van der Waals surface area contributed by atoms with Gasteiger partial charge in [0, 0.05) is 6.54 Å². The van der Waals surface area contributed by atoms with Crippen LogP contribution in [0, 0.1) is 0 Å². The Labute approximate surface area is 132 Å². The second-order valence-corrected chi connectivity index (χ2v) is 5.78. The number of carbonyl (C=O) groups is 2. The molecule has 0 saturated heterocycles. The van der Waals surface area contributed by atoms with E-state index in [1.54, 1.807) is 13.2 Å². The maximum Gasteiger partial charge on any atom is 0.267 e. The fourth-order valence-electron chi connectivity index (χ4n) is 2.37. The molecule has 0 aliphatic carbocycles. The van der Waals surface area contributed by atoms with Crippen LogP contribution in [-0.4, -0.2) is 23.3 Å². The van der Waals surface area contributed by atoms with Gasteiger partial charge in [-0.2, -0.15) is 0 Å². The van der Waals surface area contributed by atoms with Crippen LogP contribution in [0.2, 0.25) is 0 Å². The lowest BCUT2D eigenvalue weighted by molar-refractivity contribution is -0.136. The van der Waals surface area contributed by atoms with E-state index in [2.05, 4.69) is 0 Å². The van der Waals surface area contributed by atoms with Crippen LogP contribution in [0.1, 0.15) is 18.2 Å². The van der Waals surface area contributed by atoms with Gasteiger partial charge in [-0.3, -0.25) is 14.5 Å². The fraction of sp³-hybridized carbons (Fsp3) is 0.176. The van der Waals surface area contributed by atoms with E-state index in [1.165, 1.54) is 16.7 Å². The van der Waals surface area contributed by atoms with Gasteiger partial charge in [-0.1, -0.05) is 30.3 Å². The summed E-state index contributed by atoms with van der Waals surface area (Å²) in [5, 5.41) is 0. The number of furan rings is 1. The summed E-state index contributed by atoms with van der Waals surface area (Å²) in [6.45, 7) is 2.18. The fourth-order valence-corrected chi connectivity index (χ4v) is 3.41. The third-order valence-electron chi connectivity index (χ3n) is 3.44. The van der Waals surface area contributed by atoms with Crippen LogP contribution in [0.4, 0.5) is 0 Å². The SMILES string of the molecule is CCN1C(=O)C(SCc2ccco2)=C(c2ccccc2)C1=O. The van der Waals surface area contributed by atoms with Crippen molar-refractivity contribution < 1.29 is 14.0 Å². The van der Waals surface area contributed by atoms with Crippen LogP contribution < -0.4 is 0 Å². The quantitative estimate of drug-likeness (QED) is 0.795. The number of nitrogens with zero attached hydrogens (tertiary/aromatic N) is 1. The monoisotopic (exact) mass is 313 g/mol. The Hall–Kier alpha value is -2.27. The molecule has 0 N–H and O–H groups in total. The summed E-state index contributed by atoms with van der Waals surface area (Å²) >= 11 is 1.35. The summed E-state index contributed by atoms with van der Waals surface area (Å²) in [6.07, 6.45) is 1.60. The van der Waals surface area contributed by atoms with Crippen molar-refractivity contribution in [2.24, 2.45) is 0 Å². The Morgan fingerprint density at radius 2 is 1.82 bits per heavy atom. The molecule has 5 heteroatoms. The Morgan fingerprint density at radius 1 is 1.05 bits per heavy atom. The lowest BCUT2D eigenvalue weighted by atomic mass is 10.1. The van der Waals surface area contributed by atoms with Crippen molar-refractivity contribution in [3.63, 3.8) is 0 Å². The Bertz CT molecular complexity index is 720. The third-order valence-corrected chi connectivity index (χ3v) is 4.54. The molecule has 1 aliphatic heterocycles. The molecule has 1 aromatic carbocycles. The van der Waals surface area contributed by atoms with Gasteiger partial charge in [0.05, 0.1) is 22.5 Å². The minimum absolute atomic E-state index is 0.220. The molecule has 2 aromatic rings. The van der Waals surface area contributed by atoms with Gasteiger partial charge in [0.1, 0.15) is 5.76 Å². The second-order valence-electron chi connectivity index (χ2n) is 4.79. The number of imide groups is 1. The predicted molar refractivity (Wildman–Crippen MR) is 85.8 cm³/mol. The highest BCUT2D eigenvalue weighted by Gasteiger charge is 2.38. The van der Waals surface area contributed by atoms with Crippen molar-refractivity contribution in [3.05, 3.63) is 65.0 Å². The maximum absolute atomic E-state index is 12.5. The smallest absolute Gasteiger partial charge is 0.267 e. The van der Waals surface area contributed by atoms with E-state index in [1.807, 2.05) is 42.5 Å². The molecule has 3 rings (SSSR count). The third kappa shape index (κ3) is 2.60. The predicted octanol–water partition coefficient (Wildman–Crippen LogP) is 3.31. The van der Waals surface area contributed by atoms with Crippen LogP contribution in [0.15, 0.2) is 58.1 Å². The van der Waals surface area contributed by atoms with Crippen LogP contribution in [0.3, 0.4) is 0 Å². The van der Waals surface area contributed by atoms with Gasteiger partial charge >= 0.3 is 0 Å². The van der Waals surface area contributed by atoms with Crippen molar-refractivity contribution in [1.82, 2.24) is 4.90 Å². The molecule has 0 radical (unpaired) electrons. The van der Waals surface area contributed by atoms with Crippen molar-refractivity contribution >= 4 is 29.1 Å². The first-order valence-corrected chi connectivity index (χ1v) is 8.02. The summed E-state index contributed by atoms with van der Waals surface area (Å²) in [5.74, 6) is 0.860. The molecule has 0 saturated carbocycles. The lowest BCUT2D eigenvalue weighted by Crippen LogP contribution is -2.31. The summed E-state index contributed by atoms with van der Waals surface area (Å²) < 4.78 is 5.30. The minimum atomic E-state index is -0.222. The zero-order valence-electron chi connectivity index (χ0n) is 12.1. The van der Waals surface area contributed by atoms with Crippen molar-refractivity contribution in [3.8, 4) is 0 Å². The molecule has 0 atom stereocenters. The number of hydrogen-bond donors (Lipinski definition) is 0. The first-order chi connectivity index (χ1) is 10.7. The molecule has 4 nitrogen and oxygen atoms in total. The number of benzene rings is 1. The molecule has 112 valence electrons. The molecule has 22 heavy (non-hydrogen) atoms. The molecule has 0 fully saturated rings. The highest BCUT2D eigenvalue weighted by molar-refractivity contribution is 8.03. The normalized spacial score (nSPS) is 15.0. The largest absolute Gasteiger partial charge is 0.468 e. The van der Waals surface area contributed by atoms with Crippen molar-refractivity contribution in [1.29, 1.82) is 0 Å². The van der Waals surface area contributed by atoms with E-state index >= 15 is 0 Å². The average Bonchev–Trinajstić information content (AvgIpc) is 3.13. The highest BCUT2D eigenvalue weighted by Crippen LogP contribution is 2.37. The van der Waals surface area contributed by atoms with Crippen LogP contribution in [0.25, 0.3) is 5.57 Å². The number of thioether (sulfide) groups is 1. The average molecular weight is 313 g/mol. The molecule has 0 unspecified atom stereocenters. The van der Waals surface area contributed by atoms with Gasteiger partial charge in [-0.15, -0.1) is 11.8 Å². The molecule has 0 bridgehead atoms. The summed E-state index contributed by atoms with van der Waals surface area (Å²) in [4.78, 5) is 26.8. The van der Waals surface area contributed by atoms with Gasteiger partial charge in [-0.25, -0.2) is 0 Å². The van der Waals surface area contributed by atoms with Crippen LogP contribution in [-0.2, 0) is 15.3 Å². The zero-order valence-corrected chi connectivity index (χ0v) is 12.9. The van der Waals surface area contributed by atoms with Crippen molar-refractivity contribution in [2.45, 2.75) is 12.7 Å². The Balaban J connectivity index is 1.97. The van der Waals surface area contributed by atoms with Gasteiger partial charge < -0.3 is 4.42 Å². The van der Waals surface area contributed by atoms with Gasteiger partial charge in [0.2, 0.25) is 0 Å². The van der Waals surface area contributed by atoms with Gasteiger partial charge in [0.25, 0.3) is 11.8 Å². The Morgan fingerprint density at radius 3 is 2.45 bits per heavy atom. The van der Waals surface area contributed by atoms with Gasteiger partial charge in [0.15, 0.2) is 0 Å². The number of hydrogen-bond acceptors (Lipinski definition) is 4. The summed E-state index contributed by atoms with van der Waals surface area (Å²) in [6, 6.07) is 13.0. The van der Waals surface area contributed by atoms with Gasteiger partial charge in [-0.05, 0) is 24.6 Å². The van der Waals surface area contributed by atoms with E-state index < -0.39 is 0 Å². The topological polar surface area (TPSA) is 50.5 Å². The molecule has 1 aliphatic rings. The second kappa shape index (κ2) is 6.23.